The standard InChI is InChI=1S/C22H27N3O2/c1-4-19-21(18-12-11-16-9-6-7-10-17(16)24-18)20(22(23)26)15(3)25(19)13-8-14-27-5-2/h6-7,9-12H,4-5,8,13-14H2,1-3H3,(H2,23,26). The molecule has 2 heterocycles. The third kappa shape index (κ3) is 3.74. The van der Waals surface area contributed by atoms with Crippen molar-refractivity contribution in [3.63, 3.8) is 0 Å². The summed E-state index contributed by atoms with van der Waals surface area (Å²) in [6.07, 6.45) is 1.69. The van der Waals surface area contributed by atoms with Gasteiger partial charge in [0, 0.05) is 42.1 Å². The average molecular weight is 365 g/mol. The number of hydrogen-bond acceptors (Lipinski definition) is 3. The molecule has 1 amide bonds. The Hall–Kier alpha value is -2.66. The fraction of sp³-hybridized carbons (Fsp3) is 0.364. The molecule has 1 aromatic carbocycles. The Labute approximate surface area is 160 Å². The van der Waals surface area contributed by atoms with Gasteiger partial charge in [-0.05, 0) is 38.8 Å². The highest BCUT2D eigenvalue weighted by Gasteiger charge is 2.24. The van der Waals surface area contributed by atoms with Crippen LogP contribution in [-0.4, -0.2) is 28.7 Å². The monoisotopic (exact) mass is 365 g/mol. The lowest BCUT2D eigenvalue weighted by molar-refractivity contribution is 0.1000. The second-order valence-electron chi connectivity index (χ2n) is 6.59. The van der Waals surface area contributed by atoms with Gasteiger partial charge in [0.15, 0.2) is 0 Å². The fourth-order valence-corrected chi connectivity index (χ4v) is 3.72. The van der Waals surface area contributed by atoms with Gasteiger partial charge in [-0.3, -0.25) is 4.79 Å². The minimum absolute atomic E-state index is 0.407. The summed E-state index contributed by atoms with van der Waals surface area (Å²) in [7, 11) is 0. The normalized spacial score (nSPS) is 11.2. The Balaban J connectivity index is 2.13. The van der Waals surface area contributed by atoms with Gasteiger partial charge in [0.25, 0.3) is 5.91 Å². The van der Waals surface area contributed by atoms with Crippen LogP contribution in [0, 0.1) is 6.92 Å². The molecule has 0 unspecified atom stereocenters. The van der Waals surface area contributed by atoms with Crippen molar-refractivity contribution in [2.75, 3.05) is 13.2 Å². The van der Waals surface area contributed by atoms with Crippen molar-refractivity contribution in [1.29, 1.82) is 0 Å². The highest BCUT2D eigenvalue weighted by Crippen LogP contribution is 2.33. The first kappa shape index (κ1) is 19.1. The topological polar surface area (TPSA) is 70.1 Å². The Kier molecular flexibility index (Phi) is 5.91. The second-order valence-corrected chi connectivity index (χ2v) is 6.59. The Morgan fingerprint density at radius 2 is 1.96 bits per heavy atom. The zero-order chi connectivity index (χ0) is 19.4. The van der Waals surface area contributed by atoms with E-state index in [0.29, 0.717) is 18.8 Å². The predicted molar refractivity (Wildman–Crippen MR) is 109 cm³/mol. The van der Waals surface area contributed by atoms with Gasteiger partial charge in [0.05, 0.1) is 16.8 Å². The summed E-state index contributed by atoms with van der Waals surface area (Å²) < 4.78 is 7.67. The van der Waals surface area contributed by atoms with Gasteiger partial charge in [0.2, 0.25) is 0 Å². The fourth-order valence-electron chi connectivity index (χ4n) is 3.72. The number of aromatic nitrogens is 2. The Morgan fingerprint density at radius 1 is 1.19 bits per heavy atom. The third-order valence-corrected chi connectivity index (χ3v) is 4.94. The maximum absolute atomic E-state index is 12.3. The molecule has 0 radical (unpaired) electrons. The quantitative estimate of drug-likeness (QED) is 0.611. The highest BCUT2D eigenvalue weighted by molar-refractivity contribution is 6.02. The zero-order valence-corrected chi connectivity index (χ0v) is 16.3. The van der Waals surface area contributed by atoms with E-state index in [1.807, 2.05) is 50.2 Å². The number of benzene rings is 1. The summed E-state index contributed by atoms with van der Waals surface area (Å²) in [5, 5.41) is 1.08. The van der Waals surface area contributed by atoms with E-state index in [2.05, 4.69) is 11.5 Å². The number of rotatable bonds is 8. The first-order chi connectivity index (χ1) is 13.1. The third-order valence-electron chi connectivity index (χ3n) is 4.94. The van der Waals surface area contributed by atoms with Crippen LogP contribution >= 0.6 is 0 Å². The van der Waals surface area contributed by atoms with Crippen molar-refractivity contribution < 1.29 is 9.53 Å². The van der Waals surface area contributed by atoms with E-state index in [9.17, 15) is 4.79 Å². The van der Waals surface area contributed by atoms with E-state index < -0.39 is 5.91 Å². The van der Waals surface area contributed by atoms with Crippen LogP contribution in [0.5, 0.6) is 0 Å². The average Bonchev–Trinajstić information content (AvgIpc) is 2.96. The molecule has 0 spiro atoms. The molecule has 27 heavy (non-hydrogen) atoms. The molecule has 0 aliphatic rings. The lowest BCUT2D eigenvalue weighted by Crippen LogP contribution is -2.14. The summed E-state index contributed by atoms with van der Waals surface area (Å²) in [5.74, 6) is -0.407. The molecule has 3 aromatic rings. The van der Waals surface area contributed by atoms with E-state index in [0.717, 1.165) is 52.9 Å². The largest absolute Gasteiger partial charge is 0.382 e. The van der Waals surface area contributed by atoms with Crippen LogP contribution in [0.2, 0.25) is 0 Å². The first-order valence-corrected chi connectivity index (χ1v) is 9.54. The molecule has 5 nitrogen and oxygen atoms in total. The van der Waals surface area contributed by atoms with E-state index in [1.54, 1.807) is 0 Å². The number of nitrogens with zero attached hydrogens (tertiary/aromatic N) is 2. The van der Waals surface area contributed by atoms with Crippen molar-refractivity contribution in [1.82, 2.24) is 9.55 Å². The number of hydrogen-bond donors (Lipinski definition) is 1. The molecular formula is C22H27N3O2. The predicted octanol–water partition coefficient (Wildman–Crippen LogP) is 4.10. The number of carbonyl (C=O) groups is 1. The van der Waals surface area contributed by atoms with Crippen LogP contribution in [0.4, 0.5) is 0 Å². The number of amides is 1. The minimum atomic E-state index is -0.407. The number of carbonyl (C=O) groups excluding carboxylic acids is 1. The van der Waals surface area contributed by atoms with E-state index in [4.69, 9.17) is 15.5 Å². The van der Waals surface area contributed by atoms with Crippen molar-refractivity contribution in [2.24, 2.45) is 5.73 Å². The van der Waals surface area contributed by atoms with Crippen LogP contribution in [0.25, 0.3) is 22.2 Å². The summed E-state index contributed by atoms with van der Waals surface area (Å²) in [6, 6.07) is 12.0. The highest BCUT2D eigenvalue weighted by atomic mass is 16.5. The van der Waals surface area contributed by atoms with Crippen LogP contribution in [0.1, 0.15) is 42.0 Å². The molecule has 3 rings (SSSR count). The smallest absolute Gasteiger partial charge is 0.251 e. The molecule has 2 N–H and O–H groups in total. The number of pyridine rings is 1. The molecule has 0 aliphatic heterocycles. The van der Waals surface area contributed by atoms with Gasteiger partial charge in [-0.2, -0.15) is 0 Å². The maximum Gasteiger partial charge on any atom is 0.251 e. The van der Waals surface area contributed by atoms with E-state index >= 15 is 0 Å². The van der Waals surface area contributed by atoms with Gasteiger partial charge in [-0.1, -0.05) is 31.2 Å². The molecule has 0 saturated heterocycles. The van der Waals surface area contributed by atoms with Gasteiger partial charge in [0.1, 0.15) is 0 Å². The molecule has 0 aliphatic carbocycles. The van der Waals surface area contributed by atoms with Crippen molar-refractivity contribution in [3.05, 3.63) is 53.3 Å². The molecule has 0 saturated carbocycles. The van der Waals surface area contributed by atoms with Gasteiger partial charge >= 0.3 is 0 Å². The SMILES string of the molecule is CCOCCCn1c(C)c(C(N)=O)c(-c2ccc3ccccc3n2)c1CC. The molecule has 2 aromatic heterocycles. The minimum Gasteiger partial charge on any atom is -0.382 e. The molecule has 142 valence electrons. The lowest BCUT2D eigenvalue weighted by Gasteiger charge is -2.12. The molecule has 0 bridgehead atoms. The summed E-state index contributed by atoms with van der Waals surface area (Å²) in [5.41, 5.74) is 10.9. The van der Waals surface area contributed by atoms with Crippen LogP contribution in [-0.2, 0) is 17.7 Å². The number of primary amides is 1. The molecular weight excluding hydrogens is 338 g/mol. The Bertz CT molecular complexity index is 960. The maximum atomic E-state index is 12.3. The summed E-state index contributed by atoms with van der Waals surface area (Å²) in [6.45, 7) is 8.26. The molecule has 0 atom stereocenters. The van der Waals surface area contributed by atoms with Gasteiger partial charge < -0.3 is 15.0 Å². The van der Waals surface area contributed by atoms with Crippen LogP contribution in [0.3, 0.4) is 0 Å². The van der Waals surface area contributed by atoms with E-state index in [1.165, 1.54) is 0 Å². The molecule has 0 fully saturated rings. The van der Waals surface area contributed by atoms with Gasteiger partial charge in [-0.25, -0.2) is 4.98 Å². The van der Waals surface area contributed by atoms with Crippen molar-refractivity contribution in [3.8, 4) is 11.3 Å². The van der Waals surface area contributed by atoms with E-state index in [-0.39, 0.29) is 0 Å². The number of fused-ring (bicyclic) bond motifs is 1. The van der Waals surface area contributed by atoms with Crippen LogP contribution in [0.15, 0.2) is 36.4 Å². The van der Waals surface area contributed by atoms with Crippen molar-refractivity contribution >= 4 is 16.8 Å². The second kappa shape index (κ2) is 8.35. The lowest BCUT2D eigenvalue weighted by atomic mass is 10.0. The zero-order valence-electron chi connectivity index (χ0n) is 16.3. The number of nitrogens with two attached hydrogens (primary N) is 1. The summed E-state index contributed by atoms with van der Waals surface area (Å²) >= 11 is 0. The van der Waals surface area contributed by atoms with Crippen molar-refractivity contribution in [2.45, 2.75) is 40.2 Å². The Morgan fingerprint density at radius 3 is 2.67 bits per heavy atom. The molecule has 5 heteroatoms. The first-order valence-electron chi connectivity index (χ1n) is 9.54. The van der Waals surface area contributed by atoms with Crippen LogP contribution < -0.4 is 5.73 Å². The van der Waals surface area contributed by atoms with Gasteiger partial charge in [-0.15, -0.1) is 0 Å². The summed E-state index contributed by atoms with van der Waals surface area (Å²) in [4.78, 5) is 17.1. The number of para-hydroxylation sites is 1. The number of ether oxygens (including phenoxy) is 1.